The third-order valence-electron chi connectivity index (χ3n) is 12.8. The molecule has 1 heterocycles. The second kappa shape index (κ2) is 17.2. The van der Waals surface area contributed by atoms with E-state index in [0.29, 0.717) is 0 Å². The summed E-state index contributed by atoms with van der Waals surface area (Å²) in [5.41, 5.74) is 17.0. The first kappa shape index (κ1) is 39.7. The Balaban J connectivity index is 1.13. The van der Waals surface area contributed by atoms with E-state index in [1.807, 2.05) is 0 Å². The molecule has 0 aliphatic rings. The van der Waals surface area contributed by atoms with Crippen LogP contribution >= 0.6 is 0 Å². The van der Waals surface area contributed by atoms with Crippen molar-refractivity contribution in [1.29, 1.82) is 0 Å². The fraction of sp³-hybridized carbons (Fsp3) is 0. The van der Waals surface area contributed by atoms with E-state index in [9.17, 15) is 0 Å². The molecule has 316 valence electrons. The van der Waals surface area contributed by atoms with Crippen LogP contribution < -0.4 is 9.80 Å². The summed E-state index contributed by atoms with van der Waals surface area (Å²) in [5.74, 6) is 0. The summed E-state index contributed by atoms with van der Waals surface area (Å²) in [7, 11) is 0. The molecule has 0 N–H and O–H groups in total. The maximum Gasteiger partial charge on any atom is 0.161 e. The Morgan fingerprint density at radius 1 is 0.269 bits per heavy atom. The van der Waals surface area contributed by atoms with Gasteiger partial charge in [0, 0.05) is 28.0 Å². The lowest BCUT2D eigenvalue weighted by Gasteiger charge is -2.30. The van der Waals surface area contributed by atoms with Crippen LogP contribution in [0.2, 0.25) is 0 Å². The number of hydrogen-bond donors (Lipinski definition) is 0. The molecule has 0 amide bonds. The number of nitrogens with zero attached hydrogens (tertiary/aromatic N) is 2. The van der Waals surface area contributed by atoms with Crippen LogP contribution in [0.3, 0.4) is 0 Å². The highest BCUT2D eigenvalue weighted by molar-refractivity contribution is 6.20. The van der Waals surface area contributed by atoms with Crippen LogP contribution in [0.15, 0.2) is 271 Å². The van der Waals surface area contributed by atoms with Crippen LogP contribution in [0.25, 0.3) is 77.2 Å². The zero-order valence-electron chi connectivity index (χ0n) is 36.7. The summed E-state index contributed by atoms with van der Waals surface area (Å²) in [4.78, 5) is 4.77. The van der Waals surface area contributed by atoms with Gasteiger partial charge in [0.05, 0.1) is 22.4 Å². The standard InChI is InChI=1S/C64H44N2O/c1-5-18-45(19-6-1)48-32-36-54(37-33-48)65(56-29-17-28-51(42-56)47-22-9-3-10-23-47)61-41-40-60(63-58-43-52-26-13-14-27-53(52)44-62(58)67-64(61)63)66(55-38-34-49(35-39-55)46-20-7-2-8-21-46)59-31-16-15-30-57(59)50-24-11-4-12-25-50/h1-44H. The monoisotopic (exact) mass is 856 g/mol. The Hall–Kier alpha value is -8.92. The molecule has 0 spiro atoms. The van der Waals surface area contributed by atoms with Gasteiger partial charge < -0.3 is 14.2 Å². The lowest BCUT2D eigenvalue weighted by atomic mass is 9.99. The van der Waals surface area contributed by atoms with Gasteiger partial charge in [-0.25, -0.2) is 0 Å². The summed E-state index contributed by atoms with van der Waals surface area (Å²) < 4.78 is 7.31. The van der Waals surface area contributed by atoms with Crippen molar-refractivity contribution in [2.24, 2.45) is 0 Å². The Morgan fingerprint density at radius 3 is 1.34 bits per heavy atom. The van der Waals surface area contributed by atoms with Crippen molar-refractivity contribution in [3.05, 3.63) is 267 Å². The summed E-state index contributed by atoms with van der Waals surface area (Å²) in [6.07, 6.45) is 0. The van der Waals surface area contributed by atoms with E-state index in [1.54, 1.807) is 0 Å². The maximum atomic E-state index is 7.31. The largest absolute Gasteiger partial charge is 0.454 e. The van der Waals surface area contributed by atoms with Gasteiger partial charge in [-0.05, 0) is 116 Å². The molecule has 0 bridgehead atoms. The first-order valence-electron chi connectivity index (χ1n) is 22.8. The summed E-state index contributed by atoms with van der Waals surface area (Å²) in [6.45, 7) is 0. The molecule has 12 rings (SSSR count). The number of rotatable bonds is 10. The number of hydrogen-bond acceptors (Lipinski definition) is 3. The minimum absolute atomic E-state index is 0.795. The van der Waals surface area contributed by atoms with Crippen molar-refractivity contribution in [1.82, 2.24) is 0 Å². The smallest absolute Gasteiger partial charge is 0.161 e. The van der Waals surface area contributed by atoms with Crippen LogP contribution in [0.5, 0.6) is 0 Å². The van der Waals surface area contributed by atoms with E-state index in [2.05, 4.69) is 277 Å². The molecule has 0 radical (unpaired) electrons. The molecule has 0 aliphatic carbocycles. The Morgan fingerprint density at radius 2 is 0.731 bits per heavy atom. The molecule has 3 heteroatoms. The van der Waals surface area contributed by atoms with E-state index in [0.717, 1.165) is 100 Å². The Bertz CT molecular complexity index is 3660. The molecule has 1 aromatic heterocycles. The lowest BCUT2D eigenvalue weighted by molar-refractivity contribution is 0.669. The van der Waals surface area contributed by atoms with Gasteiger partial charge in [0.1, 0.15) is 5.58 Å². The van der Waals surface area contributed by atoms with Gasteiger partial charge in [0.25, 0.3) is 0 Å². The Kier molecular flexibility index (Phi) is 10.2. The molecule has 0 saturated carbocycles. The molecule has 0 aliphatic heterocycles. The van der Waals surface area contributed by atoms with Gasteiger partial charge in [-0.1, -0.05) is 200 Å². The van der Waals surface area contributed by atoms with Crippen LogP contribution in [0.4, 0.5) is 34.1 Å². The predicted molar refractivity (Wildman–Crippen MR) is 282 cm³/mol. The summed E-state index contributed by atoms with van der Waals surface area (Å²) in [6, 6.07) is 95.4. The van der Waals surface area contributed by atoms with Crippen LogP contribution in [0.1, 0.15) is 0 Å². The van der Waals surface area contributed by atoms with Crippen molar-refractivity contribution >= 4 is 66.8 Å². The zero-order valence-corrected chi connectivity index (χ0v) is 36.7. The van der Waals surface area contributed by atoms with Gasteiger partial charge in [0.15, 0.2) is 5.58 Å². The average molecular weight is 857 g/mol. The van der Waals surface area contributed by atoms with Crippen molar-refractivity contribution in [3.8, 4) is 44.5 Å². The van der Waals surface area contributed by atoms with Gasteiger partial charge in [0.2, 0.25) is 0 Å². The number of fused-ring (bicyclic) bond motifs is 4. The fourth-order valence-electron chi connectivity index (χ4n) is 9.58. The molecule has 11 aromatic carbocycles. The number of anilines is 6. The third kappa shape index (κ3) is 7.49. The van der Waals surface area contributed by atoms with Gasteiger partial charge in [-0.2, -0.15) is 0 Å². The average Bonchev–Trinajstić information content (AvgIpc) is 3.79. The van der Waals surface area contributed by atoms with E-state index in [-0.39, 0.29) is 0 Å². The second-order valence-corrected chi connectivity index (χ2v) is 16.9. The fourth-order valence-corrected chi connectivity index (χ4v) is 9.58. The van der Waals surface area contributed by atoms with Crippen LogP contribution in [0, 0.1) is 0 Å². The normalized spacial score (nSPS) is 11.3. The number of benzene rings is 11. The first-order valence-corrected chi connectivity index (χ1v) is 22.8. The highest BCUT2D eigenvalue weighted by atomic mass is 16.3. The molecule has 0 saturated heterocycles. The highest BCUT2D eigenvalue weighted by Gasteiger charge is 2.27. The number of furan rings is 1. The topological polar surface area (TPSA) is 19.6 Å². The van der Waals surface area contributed by atoms with Crippen LogP contribution in [-0.4, -0.2) is 0 Å². The van der Waals surface area contributed by atoms with Crippen molar-refractivity contribution < 1.29 is 4.42 Å². The third-order valence-corrected chi connectivity index (χ3v) is 12.8. The van der Waals surface area contributed by atoms with Gasteiger partial charge in [-0.15, -0.1) is 0 Å². The van der Waals surface area contributed by atoms with Gasteiger partial charge in [-0.3, -0.25) is 0 Å². The quantitative estimate of drug-likeness (QED) is 0.137. The van der Waals surface area contributed by atoms with E-state index >= 15 is 0 Å². The SMILES string of the molecule is c1ccc(-c2ccc(N(c3cccc(-c4ccccc4)c3)c3ccc(N(c4ccc(-c5ccccc5)cc4)c4ccccc4-c4ccccc4)c4c3oc3cc5ccccc5cc34)cc2)cc1. The first-order chi connectivity index (χ1) is 33.2. The zero-order chi connectivity index (χ0) is 44.5. The van der Waals surface area contributed by atoms with E-state index in [1.165, 1.54) is 11.1 Å². The van der Waals surface area contributed by atoms with Gasteiger partial charge >= 0.3 is 0 Å². The minimum Gasteiger partial charge on any atom is -0.454 e. The van der Waals surface area contributed by atoms with E-state index in [4.69, 9.17) is 4.42 Å². The molecular weight excluding hydrogens is 813 g/mol. The molecule has 12 aromatic rings. The molecule has 67 heavy (non-hydrogen) atoms. The molecule has 0 atom stereocenters. The second-order valence-electron chi connectivity index (χ2n) is 16.9. The summed E-state index contributed by atoms with van der Waals surface area (Å²) in [5, 5.41) is 4.36. The predicted octanol–water partition coefficient (Wildman–Crippen LogP) is 18.3. The Labute approximate surface area is 390 Å². The number of para-hydroxylation sites is 1. The molecule has 3 nitrogen and oxygen atoms in total. The van der Waals surface area contributed by atoms with Crippen molar-refractivity contribution in [2.45, 2.75) is 0 Å². The van der Waals surface area contributed by atoms with Crippen molar-refractivity contribution in [2.75, 3.05) is 9.80 Å². The lowest BCUT2D eigenvalue weighted by Crippen LogP contribution is -2.13. The maximum absolute atomic E-state index is 7.31. The van der Waals surface area contributed by atoms with Crippen LogP contribution in [-0.2, 0) is 0 Å². The molecule has 0 unspecified atom stereocenters. The molecular formula is C64H44N2O. The highest BCUT2D eigenvalue weighted by Crippen LogP contribution is 2.51. The van der Waals surface area contributed by atoms with Crippen molar-refractivity contribution in [3.63, 3.8) is 0 Å². The van der Waals surface area contributed by atoms with E-state index < -0.39 is 0 Å². The summed E-state index contributed by atoms with van der Waals surface area (Å²) >= 11 is 0. The molecule has 0 fully saturated rings. The minimum atomic E-state index is 0.795.